The van der Waals surface area contributed by atoms with Crippen molar-refractivity contribution in [3.63, 3.8) is 0 Å². The van der Waals surface area contributed by atoms with E-state index in [4.69, 9.17) is 0 Å². The Morgan fingerprint density at radius 3 is 2.61 bits per heavy atom. The van der Waals surface area contributed by atoms with Crippen LogP contribution in [-0.2, 0) is 0 Å². The molecule has 0 aliphatic carbocycles. The zero-order valence-electron chi connectivity index (χ0n) is 11.9. The second-order valence-corrected chi connectivity index (χ2v) is 6.40. The van der Waals surface area contributed by atoms with Crippen LogP contribution in [0, 0.1) is 0 Å². The van der Waals surface area contributed by atoms with E-state index in [1.165, 1.54) is 71.1 Å². The molecule has 104 valence electrons. The molecule has 0 aromatic rings. The topological polar surface area (TPSA) is 18.5 Å². The number of nitrogens with zero attached hydrogens (tertiary/aromatic N) is 2. The van der Waals surface area contributed by atoms with Crippen molar-refractivity contribution in [3.05, 3.63) is 0 Å². The van der Waals surface area contributed by atoms with Crippen molar-refractivity contribution in [1.29, 1.82) is 0 Å². The van der Waals surface area contributed by atoms with Gasteiger partial charge in [0.1, 0.15) is 0 Å². The minimum absolute atomic E-state index is 0.802. The van der Waals surface area contributed by atoms with Gasteiger partial charge in [-0.3, -0.25) is 9.80 Å². The van der Waals surface area contributed by atoms with Crippen LogP contribution in [0.5, 0.6) is 0 Å². The Balaban J connectivity index is 1.68. The number of likely N-dealkylation sites (N-methyl/N-ethyl adjacent to an activating group) is 1. The van der Waals surface area contributed by atoms with Crippen LogP contribution >= 0.6 is 0 Å². The number of nitrogens with one attached hydrogen (secondary N) is 1. The lowest BCUT2D eigenvalue weighted by molar-refractivity contribution is 0.0580. The van der Waals surface area contributed by atoms with Crippen LogP contribution in [0.3, 0.4) is 0 Å². The zero-order chi connectivity index (χ0) is 12.4. The van der Waals surface area contributed by atoms with Gasteiger partial charge < -0.3 is 5.32 Å². The Hall–Kier alpha value is -0.120. The van der Waals surface area contributed by atoms with Gasteiger partial charge in [0.2, 0.25) is 0 Å². The Bertz CT molecular complexity index is 266. The number of hydrogen-bond acceptors (Lipinski definition) is 3. The smallest absolute Gasteiger partial charge is 0.0267 e. The van der Waals surface area contributed by atoms with Gasteiger partial charge in [-0.05, 0) is 52.2 Å². The van der Waals surface area contributed by atoms with Crippen molar-refractivity contribution < 1.29 is 0 Å². The fourth-order valence-electron chi connectivity index (χ4n) is 4.52. The summed E-state index contributed by atoms with van der Waals surface area (Å²) in [4.78, 5) is 5.65. The van der Waals surface area contributed by atoms with Crippen LogP contribution in [0.4, 0.5) is 0 Å². The van der Waals surface area contributed by atoms with Gasteiger partial charge in [0.15, 0.2) is 0 Å². The highest BCUT2D eigenvalue weighted by Crippen LogP contribution is 2.33. The zero-order valence-corrected chi connectivity index (χ0v) is 11.9. The lowest BCUT2D eigenvalue weighted by Gasteiger charge is -2.44. The molecule has 0 aromatic carbocycles. The van der Waals surface area contributed by atoms with E-state index >= 15 is 0 Å². The molecule has 3 aliphatic heterocycles. The summed E-state index contributed by atoms with van der Waals surface area (Å²) in [5, 5.41) is 3.41. The molecule has 3 aliphatic rings. The molecule has 3 atom stereocenters. The van der Waals surface area contributed by atoms with Gasteiger partial charge in [0.05, 0.1) is 0 Å². The van der Waals surface area contributed by atoms with E-state index in [1.807, 2.05) is 0 Å². The molecule has 3 nitrogen and oxygen atoms in total. The number of rotatable bonds is 3. The monoisotopic (exact) mass is 251 g/mol. The predicted octanol–water partition coefficient (Wildman–Crippen LogP) is 1.69. The third-order valence-corrected chi connectivity index (χ3v) is 5.36. The molecule has 3 heterocycles. The van der Waals surface area contributed by atoms with Crippen molar-refractivity contribution in [3.8, 4) is 0 Å². The molecule has 0 amide bonds. The highest BCUT2D eigenvalue weighted by Gasteiger charge is 2.41. The molecular weight excluding hydrogens is 222 g/mol. The minimum Gasteiger partial charge on any atom is -0.318 e. The first kappa shape index (κ1) is 12.9. The first-order valence-corrected chi connectivity index (χ1v) is 8.04. The van der Waals surface area contributed by atoms with Crippen molar-refractivity contribution in [2.45, 2.75) is 63.1 Å². The average molecular weight is 251 g/mol. The van der Waals surface area contributed by atoms with E-state index in [-0.39, 0.29) is 0 Å². The van der Waals surface area contributed by atoms with Gasteiger partial charge in [-0.15, -0.1) is 0 Å². The van der Waals surface area contributed by atoms with Crippen LogP contribution in [0.25, 0.3) is 0 Å². The van der Waals surface area contributed by atoms with Gasteiger partial charge in [0, 0.05) is 31.2 Å². The molecule has 0 bridgehead atoms. The van der Waals surface area contributed by atoms with Crippen LogP contribution in [0.2, 0.25) is 0 Å². The molecule has 3 fully saturated rings. The van der Waals surface area contributed by atoms with Crippen molar-refractivity contribution >= 4 is 0 Å². The van der Waals surface area contributed by atoms with E-state index in [2.05, 4.69) is 22.2 Å². The fourth-order valence-corrected chi connectivity index (χ4v) is 4.52. The molecule has 1 N–H and O–H groups in total. The molecule has 3 saturated heterocycles. The highest BCUT2D eigenvalue weighted by atomic mass is 15.3. The van der Waals surface area contributed by atoms with Crippen LogP contribution in [-0.4, -0.2) is 61.2 Å². The largest absolute Gasteiger partial charge is 0.318 e. The molecule has 3 unspecified atom stereocenters. The summed E-state index contributed by atoms with van der Waals surface area (Å²) in [5.41, 5.74) is 0. The number of likely N-dealkylation sites (tertiary alicyclic amines) is 1. The van der Waals surface area contributed by atoms with E-state index in [9.17, 15) is 0 Å². The van der Waals surface area contributed by atoms with E-state index < -0.39 is 0 Å². The summed E-state index contributed by atoms with van der Waals surface area (Å²) >= 11 is 0. The fraction of sp³-hybridized carbons (Fsp3) is 1.00. The molecule has 0 radical (unpaired) electrons. The van der Waals surface area contributed by atoms with E-state index in [1.54, 1.807) is 0 Å². The molecular formula is C15H29N3. The third-order valence-electron chi connectivity index (χ3n) is 5.36. The van der Waals surface area contributed by atoms with Crippen molar-refractivity contribution in [1.82, 2.24) is 15.1 Å². The van der Waals surface area contributed by atoms with Crippen LogP contribution < -0.4 is 5.32 Å². The molecule has 3 heteroatoms. The Kier molecular flexibility index (Phi) is 4.22. The molecule has 0 aromatic heterocycles. The lowest BCUT2D eigenvalue weighted by atomic mass is 9.93. The van der Waals surface area contributed by atoms with Crippen molar-refractivity contribution in [2.75, 3.05) is 33.2 Å². The maximum atomic E-state index is 3.41. The van der Waals surface area contributed by atoms with Crippen LogP contribution in [0.1, 0.15) is 44.9 Å². The van der Waals surface area contributed by atoms with E-state index in [0.29, 0.717) is 0 Å². The quantitative estimate of drug-likeness (QED) is 0.823. The summed E-state index contributed by atoms with van der Waals surface area (Å²) in [6, 6.07) is 2.55. The Morgan fingerprint density at radius 1 is 0.889 bits per heavy atom. The standard InChI is InChI=1S/C15H29N3/c1-16-12-13-6-2-5-10-18(13)15-8-11-17-9-4-3-7-14(15)17/h13-16H,2-12H2,1H3. The Labute approximate surface area is 112 Å². The average Bonchev–Trinajstić information content (AvgIpc) is 2.84. The third kappa shape index (κ3) is 2.45. The second-order valence-electron chi connectivity index (χ2n) is 6.40. The summed E-state index contributed by atoms with van der Waals surface area (Å²) < 4.78 is 0. The number of fused-ring (bicyclic) bond motifs is 1. The van der Waals surface area contributed by atoms with Gasteiger partial charge >= 0.3 is 0 Å². The maximum Gasteiger partial charge on any atom is 0.0267 e. The van der Waals surface area contributed by atoms with Gasteiger partial charge in [-0.2, -0.15) is 0 Å². The van der Waals surface area contributed by atoms with Gasteiger partial charge in [-0.25, -0.2) is 0 Å². The first-order chi connectivity index (χ1) is 8.90. The number of hydrogen-bond donors (Lipinski definition) is 1. The first-order valence-electron chi connectivity index (χ1n) is 8.04. The molecule has 0 spiro atoms. The molecule has 18 heavy (non-hydrogen) atoms. The molecule has 0 saturated carbocycles. The predicted molar refractivity (Wildman–Crippen MR) is 75.9 cm³/mol. The van der Waals surface area contributed by atoms with Crippen molar-refractivity contribution in [2.24, 2.45) is 0 Å². The molecule has 3 rings (SSSR count). The SMILES string of the molecule is CNCC1CCCCN1C1CCN2CCCCC12. The normalized spacial score (nSPS) is 38.8. The second kappa shape index (κ2) is 5.89. The summed E-state index contributed by atoms with van der Waals surface area (Å²) in [6.45, 7) is 5.26. The summed E-state index contributed by atoms with van der Waals surface area (Å²) in [5.74, 6) is 0. The van der Waals surface area contributed by atoms with Crippen LogP contribution in [0.15, 0.2) is 0 Å². The highest BCUT2D eigenvalue weighted by molar-refractivity contribution is 4.98. The van der Waals surface area contributed by atoms with Gasteiger partial charge in [-0.1, -0.05) is 12.8 Å². The van der Waals surface area contributed by atoms with E-state index in [0.717, 1.165) is 18.1 Å². The minimum atomic E-state index is 0.802. The number of piperidine rings is 2. The summed E-state index contributed by atoms with van der Waals surface area (Å²) in [6.07, 6.45) is 10.0. The summed E-state index contributed by atoms with van der Waals surface area (Å²) in [7, 11) is 2.11. The lowest BCUT2D eigenvalue weighted by Crippen LogP contribution is -2.54. The van der Waals surface area contributed by atoms with Gasteiger partial charge in [0.25, 0.3) is 0 Å². The Morgan fingerprint density at radius 2 is 1.72 bits per heavy atom. The maximum absolute atomic E-state index is 3.41.